The van der Waals surface area contributed by atoms with Crippen LogP contribution in [0.15, 0.2) is 163 Å². The Labute approximate surface area is 358 Å². The lowest BCUT2D eigenvalue weighted by molar-refractivity contribution is 0.635. The molecule has 2 nitrogen and oxygen atoms in total. The summed E-state index contributed by atoms with van der Waals surface area (Å²) in [5.74, 6) is 0.313. The van der Waals surface area contributed by atoms with E-state index in [1.165, 1.54) is 108 Å². The van der Waals surface area contributed by atoms with Crippen LogP contribution in [0, 0.1) is 0 Å². The SMILES string of the molecule is CC1(C)c2cc3c(cc2N(c2ccccc2)c2ccc4ccccc4c21)SC1C=c2c(sc4cc5c(cc24)C(C)(C)c2c(ccc4ccccc24)N5c2ccccc2)=CC31. The number of fused-ring (bicyclic) bond motifs is 14. The molecule has 60 heavy (non-hydrogen) atoms. The maximum absolute atomic E-state index is 2.62. The molecule has 1 aliphatic carbocycles. The minimum atomic E-state index is -0.210. The van der Waals surface area contributed by atoms with Crippen molar-refractivity contribution in [1.82, 2.24) is 0 Å². The summed E-state index contributed by atoms with van der Waals surface area (Å²) in [6.45, 7) is 9.75. The first-order chi connectivity index (χ1) is 29.3. The molecule has 2 atom stereocenters. The molecule has 0 spiro atoms. The van der Waals surface area contributed by atoms with Crippen molar-refractivity contribution in [2.45, 2.75) is 54.6 Å². The van der Waals surface area contributed by atoms with E-state index >= 15 is 0 Å². The molecule has 0 N–H and O–H groups in total. The summed E-state index contributed by atoms with van der Waals surface area (Å²) in [4.78, 5) is 6.44. The van der Waals surface area contributed by atoms with E-state index in [0.29, 0.717) is 11.2 Å². The average molecular weight is 807 g/mol. The third-order valence-corrected chi connectivity index (χ3v) is 16.5. The highest BCUT2D eigenvalue weighted by atomic mass is 32.2. The molecule has 3 aliphatic heterocycles. The molecule has 0 saturated carbocycles. The summed E-state index contributed by atoms with van der Waals surface area (Å²) in [6, 6.07) is 59.2. The number of hydrogen-bond donors (Lipinski definition) is 0. The summed E-state index contributed by atoms with van der Waals surface area (Å²) >= 11 is 4.02. The van der Waals surface area contributed by atoms with Crippen LogP contribution in [0.1, 0.15) is 61.4 Å². The fraction of sp³-hybridized carbons (Fsp3) is 0.143. The van der Waals surface area contributed by atoms with Crippen molar-refractivity contribution in [3.8, 4) is 0 Å². The summed E-state index contributed by atoms with van der Waals surface area (Å²) in [7, 11) is 0. The molecule has 0 saturated heterocycles. The van der Waals surface area contributed by atoms with Crippen LogP contribution in [0.25, 0.3) is 43.8 Å². The van der Waals surface area contributed by atoms with Gasteiger partial charge in [-0.1, -0.05) is 143 Å². The Morgan fingerprint density at radius 1 is 0.483 bits per heavy atom. The van der Waals surface area contributed by atoms with E-state index < -0.39 is 0 Å². The van der Waals surface area contributed by atoms with Gasteiger partial charge in [0.1, 0.15) is 0 Å². The van der Waals surface area contributed by atoms with Crippen molar-refractivity contribution in [2.24, 2.45) is 0 Å². The molecule has 2 unspecified atom stereocenters. The van der Waals surface area contributed by atoms with Crippen LogP contribution in [0.3, 0.4) is 0 Å². The molecule has 0 amide bonds. The molecule has 9 aromatic rings. The van der Waals surface area contributed by atoms with Crippen LogP contribution in [-0.4, -0.2) is 5.25 Å². The Balaban J connectivity index is 0.994. The fourth-order valence-electron chi connectivity index (χ4n) is 11.3. The molecule has 288 valence electrons. The predicted molar refractivity (Wildman–Crippen MR) is 257 cm³/mol. The topological polar surface area (TPSA) is 6.48 Å². The number of rotatable bonds is 2. The Bertz CT molecular complexity index is 3430. The second-order valence-electron chi connectivity index (χ2n) is 18.0. The van der Waals surface area contributed by atoms with Gasteiger partial charge < -0.3 is 9.80 Å². The number of benzene rings is 8. The summed E-state index contributed by atoms with van der Waals surface area (Å²) in [5, 5.41) is 8.35. The monoisotopic (exact) mass is 806 g/mol. The lowest BCUT2D eigenvalue weighted by Crippen LogP contribution is -2.32. The molecule has 8 aromatic carbocycles. The van der Waals surface area contributed by atoms with Gasteiger partial charge in [-0.15, -0.1) is 23.1 Å². The highest BCUT2D eigenvalue weighted by Gasteiger charge is 2.43. The Kier molecular flexibility index (Phi) is 7.10. The standard InChI is InChI=1S/C56H42N2S2/c1-55(2)43-27-39-41-29-50-42(30-49(41)59-51(39)31-47(43)57(35-17-7-5-8-18-35)45-25-23-33-15-11-13-21-37(33)53(45)55)40-28-44-48(32-52(40)60-50)58(36-19-9-6-10-20-36)46-26-24-34-16-12-14-22-38(34)54(46)56(44,3)4/h5-32,41,49H,1-4H3. The average Bonchev–Trinajstić information content (AvgIpc) is 3.80. The Morgan fingerprint density at radius 3 is 1.62 bits per heavy atom. The second kappa shape index (κ2) is 12.3. The highest BCUT2D eigenvalue weighted by Crippen LogP contribution is 2.59. The van der Waals surface area contributed by atoms with Gasteiger partial charge in [-0.05, 0) is 109 Å². The van der Waals surface area contributed by atoms with Crippen molar-refractivity contribution < 1.29 is 0 Å². The number of anilines is 6. The Hall–Kier alpha value is -6.07. The Morgan fingerprint density at radius 2 is 1.02 bits per heavy atom. The van der Waals surface area contributed by atoms with Crippen molar-refractivity contribution in [3.05, 3.63) is 195 Å². The van der Waals surface area contributed by atoms with Gasteiger partial charge in [0.2, 0.25) is 0 Å². The molecule has 1 aromatic heterocycles. The molecule has 0 radical (unpaired) electrons. The van der Waals surface area contributed by atoms with Gasteiger partial charge >= 0.3 is 0 Å². The molecule has 4 heterocycles. The van der Waals surface area contributed by atoms with Crippen LogP contribution >= 0.6 is 23.1 Å². The van der Waals surface area contributed by atoms with Crippen LogP contribution < -0.4 is 19.6 Å². The van der Waals surface area contributed by atoms with Gasteiger partial charge in [-0.2, -0.15) is 0 Å². The van der Waals surface area contributed by atoms with E-state index in [0.717, 1.165) is 0 Å². The lowest BCUT2D eigenvalue weighted by atomic mass is 9.70. The minimum absolute atomic E-state index is 0.199. The summed E-state index contributed by atoms with van der Waals surface area (Å²) in [6.07, 6.45) is 5.23. The van der Waals surface area contributed by atoms with E-state index in [2.05, 4.69) is 219 Å². The van der Waals surface area contributed by atoms with Crippen LogP contribution in [0.4, 0.5) is 34.1 Å². The van der Waals surface area contributed by atoms with Gasteiger partial charge in [-0.25, -0.2) is 0 Å². The van der Waals surface area contributed by atoms with Crippen LogP contribution in [0.5, 0.6) is 0 Å². The number of hydrogen-bond acceptors (Lipinski definition) is 4. The molecule has 0 bridgehead atoms. The van der Waals surface area contributed by atoms with Gasteiger partial charge in [0, 0.05) is 52.9 Å². The van der Waals surface area contributed by atoms with Crippen LogP contribution in [-0.2, 0) is 10.8 Å². The van der Waals surface area contributed by atoms with Crippen molar-refractivity contribution in [2.75, 3.05) is 9.80 Å². The summed E-state index contributed by atoms with van der Waals surface area (Å²) in [5.41, 5.74) is 14.1. The van der Waals surface area contributed by atoms with Crippen molar-refractivity contribution in [3.63, 3.8) is 0 Å². The molecular formula is C56H42N2S2. The molecule has 0 fully saturated rings. The normalized spacial score (nSPS) is 18.7. The maximum atomic E-state index is 2.62. The minimum Gasteiger partial charge on any atom is -0.310 e. The number of thioether (sulfide) groups is 1. The molecule has 4 aliphatic rings. The van der Waals surface area contributed by atoms with Crippen molar-refractivity contribution in [1.29, 1.82) is 0 Å². The predicted octanol–water partition coefficient (Wildman–Crippen LogP) is 14.3. The summed E-state index contributed by atoms with van der Waals surface area (Å²) < 4.78 is 2.75. The van der Waals surface area contributed by atoms with Crippen molar-refractivity contribution >= 4 is 101 Å². The van der Waals surface area contributed by atoms with E-state index in [9.17, 15) is 0 Å². The number of thiophene rings is 1. The van der Waals surface area contributed by atoms with Gasteiger partial charge in [0.15, 0.2) is 0 Å². The zero-order valence-electron chi connectivity index (χ0n) is 34.0. The second-order valence-corrected chi connectivity index (χ2v) is 20.4. The van der Waals surface area contributed by atoms with Gasteiger partial charge in [0.25, 0.3) is 0 Å². The van der Waals surface area contributed by atoms with Gasteiger partial charge in [0.05, 0.1) is 22.7 Å². The van der Waals surface area contributed by atoms with Gasteiger partial charge in [-0.3, -0.25) is 0 Å². The first-order valence-electron chi connectivity index (χ1n) is 21.2. The first-order valence-corrected chi connectivity index (χ1v) is 22.9. The third kappa shape index (κ3) is 4.66. The highest BCUT2D eigenvalue weighted by molar-refractivity contribution is 8.00. The van der Waals surface area contributed by atoms with E-state index in [4.69, 9.17) is 0 Å². The largest absolute Gasteiger partial charge is 0.310 e. The quantitative estimate of drug-likeness (QED) is 0.172. The zero-order valence-corrected chi connectivity index (χ0v) is 35.7. The smallest absolute Gasteiger partial charge is 0.0517 e. The maximum Gasteiger partial charge on any atom is 0.0517 e. The lowest BCUT2D eigenvalue weighted by Gasteiger charge is -2.43. The molecular weight excluding hydrogens is 765 g/mol. The zero-order chi connectivity index (χ0) is 40.1. The van der Waals surface area contributed by atoms with E-state index in [1.807, 2.05) is 11.3 Å². The molecule has 13 rings (SSSR count). The van der Waals surface area contributed by atoms with E-state index in [-0.39, 0.29) is 10.8 Å². The van der Waals surface area contributed by atoms with E-state index in [1.54, 1.807) is 0 Å². The first kappa shape index (κ1) is 34.8. The number of para-hydroxylation sites is 2. The molecule has 4 heteroatoms. The third-order valence-electron chi connectivity index (χ3n) is 14.0. The number of nitrogens with zero attached hydrogens (tertiary/aromatic N) is 2. The fourth-order valence-corrected chi connectivity index (χ4v) is 13.8. The van der Waals surface area contributed by atoms with Crippen LogP contribution in [0.2, 0.25) is 0 Å².